The van der Waals surface area contributed by atoms with Crippen molar-refractivity contribution in [3.05, 3.63) is 53.7 Å². The molecule has 1 saturated heterocycles. The van der Waals surface area contributed by atoms with E-state index in [1.54, 1.807) is 36.9 Å². The summed E-state index contributed by atoms with van der Waals surface area (Å²) in [6.45, 7) is 8.64. The molecule has 9 heteroatoms. The lowest BCUT2D eigenvalue weighted by atomic mass is 10.1. The van der Waals surface area contributed by atoms with Gasteiger partial charge in [0.15, 0.2) is 0 Å². The van der Waals surface area contributed by atoms with Gasteiger partial charge in [-0.2, -0.15) is 5.10 Å². The molecule has 1 aliphatic heterocycles. The number of benzene rings is 1. The Hall–Kier alpha value is -3.49. The van der Waals surface area contributed by atoms with Crippen LogP contribution in [-0.2, 0) is 11.3 Å². The smallest absolute Gasteiger partial charge is 0.244 e. The second kappa shape index (κ2) is 9.56. The minimum Gasteiger partial charge on any atom is -0.481 e. The van der Waals surface area contributed by atoms with Gasteiger partial charge in [0.05, 0.1) is 12.8 Å². The molecule has 3 aromatic rings. The Balaban J connectivity index is 1.45. The number of anilines is 1. The molecule has 0 unspecified atom stereocenters. The van der Waals surface area contributed by atoms with Crippen molar-refractivity contribution in [1.82, 2.24) is 24.6 Å². The van der Waals surface area contributed by atoms with Crippen LogP contribution in [0, 0.1) is 12.7 Å². The predicted molar refractivity (Wildman–Crippen MR) is 124 cm³/mol. The predicted octanol–water partition coefficient (Wildman–Crippen LogP) is 3.27. The van der Waals surface area contributed by atoms with E-state index in [2.05, 4.69) is 28.7 Å². The summed E-state index contributed by atoms with van der Waals surface area (Å²) in [5, 5.41) is 4.69. The topological polar surface area (TPSA) is 76.4 Å². The number of carbonyl (C=O) groups excluding carboxylic acids is 1. The lowest BCUT2D eigenvalue weighted by Crippen LogP contribution is -2.50. The summed E-state index contributed by atoms with van der Waals surface area (Å²) in [6.07, 6.45) is 1.48. The van der Waals surface area contributed by atoms with Crippen LogP contribution in [0.1, 0.15) is 31.0 Å². The maximum absolute atomic E-state index is 13.7. The van der Waals surface area contributed by atoms with Crippen molar-refractivity contribution in [1.29, 1.82) is 0 Å². The third-order valence-corrected chi connectivity index (χ3v) is 5.93. The average molecular weight is 453 g/mol. The third kappa shape index (κ3) is 4.97. The molecule has 0 N–H and O–H groups in total. The number of hydrogen-bond donors (Lipinski definition) is 0. The van der Waals surface area contributed by atoms with Crippen LogP contribution in [0.5, 0.6) is 5.88 Å². The fraction of sp³-hybridized carbons (Fsp3) is 0.417. The summed E-state index contributed by atoms with van der Waals surface area (Å²) in [7, 11) is 1.58. The second-order valence-corrected chi connectivity index (χ2v) is 8.52. The van der Waals surface area contributed by atoms with Crippen LogP contribution in [0.3, 0.4) is 0 Å². The molecule has 174 valence electrons. The van der Waals surface area contributed by atoms with Gasteiger partial charge >= 0.3 is 0 Å². The van der Waals surface area contributed by atoms with Crippen LogP contribution in [0.2, 0.25) is 0 Å². The number of methoxy groups -OCH3 is 1. The molecule has 1 aromatic carbocycles. The minimum atomic E-state index is -0.239. The zero-order valence-corrected chi connectivity index (χ0v) is 19.5. The van der Waals surface area contributed by atoms with E-state index in [0.717, 1.165) is 22.8 Å². The summed E-state index contributed by atoms with van der Waals surface area (Å²) >= 11 is 0. The van der Waals surface area contributed by atoms with Gasteiger partial charge in [-0.05, 0) is 42.7 Å². The number of amides is 1. The van der Waals surface area contributed by atoms with E-state index in [9.17, 15) is 9.18 Å². The molecule has 1 aliphatic rings. The van der Waals surface area contributed by atoms with Gasteiger partial charge in [-0.25, -0.2) is 14.4 Å². The molecule has 33 heavy (non-hydrogen) atoms. The van der Waals surface area contributed by atoms with Crippen LogP contribution in [0.15, 0.2) is 36.7 Å². The highest BCUT2D eigenvalue weighted by atomic mass is 19.1. The summed E-state index contributed by atoms with van der Waals surface area (Å²) in [4.78, 5) is 25.4. The van der Waals surface area contributed by atoms with Gasteiger partial charge in [0, 0.05) is 43.5 Å². The van der Waals surface area contributed by atoms with Crippen LogP contribution in [0.25, 0.3) is 11.3 Å². The molecule has 0 bridgehead atoms. The van der Waals surface area contributed by atoms with Crippen LogP contribution in [0.4, 0.5) is 10.2 Å². The number of aryl methyl sites for hydroxylation is 1. The number of hydrogen-bond acceptors (Lipinski definition) is 6. The normalized spacial score (nSPS) is 14.1. The van der Waals surface area contributed by atoms with Crippen molar-refractivity contribution in [3.8, 4) is 17.1 Å². The number of halogens is 1. The summed E-state index contributed by atoms with van der Waals surface area (Å²) in [5.41, 5.74) is 3.14. The largest absolute Gasteiger partial charge is 0.481 e. The molecule has 1 amide bonds. The van der Waals surface area contributed by atoms with Crippen LogP contribution >= 0.6 is 0 Å². The standard InChI is InChI=1S/C24H29FN6O2/c1-16(2)21-12-20(18-5-6-19(25)17(3)11-18)28-31(21)14-24(32)30-9-7-29(8-10-30)22-13-23(33-4)27-15-26-22/h5-6,11-13,15-16H,7-10,14H2,1-4H3. The molecule has 0 saturated carbocycles. The van der Waals surface area contributed by atoms with Gasteiger partial charge in [-0.15, -0.1) is 0 Å². The van der Waals surface area contributed by atoms with Gasteiger partial charge in [0.25, 0.3) is 0 Å². The lowest BCUT2D eigenvalue weighted by Gasteiger charge is -2.35. The van der Waals surface area contributed by atoms with E-state index < -0.39 is 0 Å². The van der Waals surface area contributed by atoms with Gasteiger partial charge in [-0.3, -0.25) is 9.48 Å². The van der Waals surface area contributed by atoms with Gasteiger partial charge in [-0.1, -0.05) is 13.8 Å². The first-order valence-electron chi connectivity index (χ1n) is 11.1. The summed E-state index contributed by atoms with van der Waals surface area (Å²) in [6, 6.07) is 8.76. The van der Waals surface area contributed by atoms with E-state index in [0.29, 0.717) is 37.6 Å². The third-order valence-electron chi connectivity index (χ3n) is 5.93. The van der Waals surface area contributed by atoms with E-state index in [1.165, 1.54) is 12.4 Å². The molecule has 3 heterocycles. The van der Waals surface area contributed by atoms with Gasteiger partial charge in [0.1, 0.15) is 24.5 Å². The number of ether oxygens (including phenoxy) is 1. The van der Waals surface area contributed by atoms with Crippen LogP contribution < -0.4 is 9.64 Å². The van der Waals surface area contributed by atoms with Crippen molar-refractivity contribution < 1.29 is 13.9 Å². The number of carbonyl (C=O) groups is 1. The zero-order valence-electron chi connectivity index (χ0n) is 19.5. The quantitative estimate of drug-likeness (QED) is 0.571. The Kier molecular flexibility index (Phi) is 6.57. The Bertz CT molecular complexity index is 1140. The zero-order chi connectivity index (χ0) is 23.5. The highest BCUT2D eigenvalue weighted by molar-refractivity contribution is 5.76. The van der Waals surface area contributed by atoms with E-state index >= 15 is 0 Å². The maximum Gasteiger partial charge on any atom is 0.244 e. The molecular formula is C24H29FN6O2. The molecule has 4 rings (SSSR count). The first-order valence-corrected chi connectivity index (χ1v) is 11.1. The van der Waals surface area contributed by atoms with Crippen LogP contribution in [-0.4, -0.2) is 63.8 Å². The molecule has 1 fully saturated rings. The monoisotopic (exact) mass is 452 g/mol. The average Bonchev–Trinajstić information content (AvgIpc) is 3.25. The van der Waals surface area contributed by atoms with Crippen molar-refractivity contribution >= 4 is 11.7 Å². The van der Waals surface area contributed by atoms with E-state index in [4.69, 9.17) is 9.84 Å². The molecule has 8 nitrogen and oxygen atoms in total. The van der Waals surface area contributed by atoms with E-state index in [1.807, 2.05) is 11.0 Å². The molecule has 0 spiro atoms. The molecular weight excluding hydrogens is 423 g/mol. The minimum absolute atomic E-state index is 0.0294. The summed E-state index contributed by atoms with van der Waals surface area (Å²) in [5.74, 6) is 1.30. The molecule has 0 radical (unpaired) electrons. The fourth-order valence-corrected chi connectivity index (χ4v) is 4.00. The van der Waals surface area contributed by atoms with Gasteiger partial charge in [0.2, 0.25) is 11.8 Å². The first-order chi connectivity index (χ1) is 15.9. The Labute approximate surface area is 193 Å². The number of rotatable bonds is 6. The van der Waals surface area contributed by atoms with Crippen molar-refractivity contribution in [2.75, 3.05) is 38.2 Å². The number of aromatic nitrogens is 4. The second-order valence-electron chi connectivity index (χ2n) is 8.52. The molecule has 2 aromatic heterocycles. The Morgan fingerprint density at radius 2 is 1.88 bits per heavy atom. The SMILES string of the molecule is COc1cc(N2CCN(C(=O)Cn3nc(-c4ccc(F)c(C)c4)cc3C(C)C)CC2)ncn1. The Morgan fingerprint density at radius 1 is 1.12 bits per heavy atom. The van der Waals surface area contributed by atoms with Crippen molar-refractivity contribution in [2.45, 2.75) is 33.2 Å². The maximum atomic E-state index is 13.7. The van der Waals surface area contributed by atoms with Gasteiger partial charge < -0.3 is 14.5 Å². The number of nitrogens with zero attached hydrogens (tertiary/aromatic N) is 6. The summed E-state index contributed by atoms with van der Waals surface area (Å²) < 4.78 is 20.6. The highest BCUT2D eigenvalue weighted by Gasteiger charge is 2.24. The lowest BCUT2D eigenvalue weighted by molar-refractivity contribution is -0.132. The fourth-order valence-electron chi connectivity index (χ4n) is 4.00. The van der Waals surface area contributed by atoms with E-state index in [-0.39, 0.29) is 24.2 Å². The van der Waals surface area contributed by atoms with Crippen molar-refractivity contribution in [3.63, 3.8) is 0 Å². The first kappa shape index (κ1) is 22.7. The Morgan fingerprint density at radius 3 is 2.55 bits per heavy atom. The highest BCUT2D eigenvalue weighted by Crippen LogP contribution is 2.25. The molecule has 0 aliphatic carbocycles. The van der Waals surface area contributed by atoms with Crippen molar-refractivity contribution in [2.24, 2.45) is 0 Å². The number of piperazine rings is 1. The molecule has 0 atom stereocenters.